The van der Waals surface area contributed by atoms with Crippen molar-refractivity contribution in [3.05, 3.63) is 90.3 Å². The number of pyridine rings is 2. The molecule has 5 rings (SSSR count). The smallest absolute Gasteiger partial charge is 0.205 e. The maximum absolute atomic E-state index is 9.12. The molecule has 5 heteroatoms. The molecule has 0 N–H and O–H groups in total. The summed E-state index contributed by atoms with van der Waals surface area (Å²) in [6, 6.07) is 18.6. The molecule has 0 amide bonds. The lowest BCUT2D eigenvalue weighted by Gasteiger charge is -2.03. The zero-order valence-electron chi connectivity index (χ0n) is 15.1. The molecule has 0 saturated carbocycles. The van der Waals surface area contributed by atoms with Gasteiger partial charge in [-0.2, -0.15) is 5.26 Å². The molecule has 4 nitrogen and oxygen atoms in total. The highest BCUT2D eigenvalue weighted by atomic mass is 32.1. The van der Waals surface area contributed by atoms with Crippen LogP contribution in [0.3, 0.4) is 0 Å². The second kappa shape index (κ2) is 6.83. The van der Waals surface area contributed by atoms with E-state index < -0.39 is 0 Å². The van der Waals surface area contributed by atoms with Gasteiger partial charge in [0.1, 0.15) is 6.07 Å². The summed E-state index contributed by atoms with van der Waals surface area (Å²) in [4.78, 5) is 11.8. The van der Waals surface area contributed by atoms with Gasteiger partial charge in [0.25, 0.3) is 0 Å². The average molecular weight is 388 g/mol. The van der Waals surface area contributed by atoms with Crippen LogP contribution in [0, 0.1) is 17.9 Å². The average Bonchev–Trinajstić information content (AvgIpc) is 3.16. The molecule has 0 spiro atoms. The first-order chi connectivity index (χ1) is 14.2. The summed E-state index contributed by atoms with van der Waals surface area (Å²) >= 11 is 1.73. The van der Waals surface area contributed by atoms with Gasteiger partial charge in [0.05, 0.1) is 12.1 Å². The monoisotopic (exact) mass is 388 g/mol. The van der Waals surface area contributed by atoms with Crippen molar-refractivity contribution in [3.8, 4) is 28.3 Å². The molecule has 2 aromatic carbocycles. The van der Waals surface area contributed by atoms with Gasteiger partial charge in [-0.1, -0.05) is 24.3 Å². The van der Waals surface area contributed by atoms with E-state index in [0.717, 1.165) is 22.3 Å². The predicted molar refractivity (Wildman–Crippen MR) is 117 cm³/mol. The van der Waals surface area contributed by atoms with Crippen molar-refractivity contribution in [2.24, 2.45) is 0 Å². The van der Waals surface area contributed by atoms with Gasteiger partial charge in [-0.05, 0) is 41.0 Å². The first kappa shape index (κ1) is 17.1. The van der Waals surface area contributed by atoms with Crippen molar-refractivity contribution in [1.29, 1.82) is 5.26 Å². The third-order valence-corrected chi connectivity index (χ3v) is 5.98. The predicted octanol–water partition coefficient (Wildman–Crippen LogP) is 6.60. The van der Waals surface area contributed by atoms with Crippen LogP contribution in [-0.2, 0) is 0 Å². The van der Waals surface area contributed by atoms with Crippen molar-refractivity contribution in [3.63, 3.8) is 0 Å². The van der Waals surface area contributed by atoms with Gasteiger partial charge in [0.15, 0.2) is 0 Å². The number of hydrogen-bond donors (Lipinski definition) is 0. The fourth-order valence-corrected chi connectivity index (χ4v) is 4.63. The number of rotatable bonds is 2. The molecule has 5 aromatic rings. The Morgan fingerprint density at radius 2 is 1.38 bits per heavy atom. The molecule has 0 aliphatic rings. The van der Waals surface area contributed by atoms with Gasteiger partial charge >= 0.3 is 0 Å². The number of hydrogen-bond acceptors (Lipinski definition) is 4. The normalized spacial score (nSPS) is 10.7. The van der Waals surface area contributed by atoms with E-state index >= 15 is 0 Å². The van der Waals surface area contributed by atoms with Crippen LogP contribution >= 0.6 is 11.3 Å². The third-order valence-electron chi connectivity index (χ3n) is 4.86. The van der Waals surface area contributed by atoms with E-state index in [2.05, 4.69) is 57.3 Å². The molecular weight excluding hydrogens is 376 g/mol. The SMILES string of the molecule is [C-]#[N+]c1cncc(-c2ccc3c(c2)sc2cc(-c4cncc(C#N)c4)ccc23)c1. The maximum Gasteiger partial charge on any atom is 0.205 e. The highest BCUT2D eigenvalue weighted by Gasteiger charge is 2.09. The number of nitriles is 1. The number of nitrogens with zero attached hydrogens (tertiary/aromatic N) is 4. The Morgan fingerprint density at radius 3 is 2.00 bits per heavy atom. The molecular formula is C24H12N4S. The van der Waals surface area contributed by atoms with Crippen LogP contribution in [-0.4, -0.2) is 9.97 Å². The van der Waals surface area contributed by atoms with Crippen molar-refractivity contribution in [2.45, 2.75) is 0 Å². The lowest BCUT2D eigenvalue weighted by molar-refractivity contribution is 1.30. The van der Waals surface area contributed by atoms with E-state index in [1.54, 1.807) is 36.1 Å². The fourth-order valence-electron chi connectivity index (χ4n) is 3.44. The van der Waals surface area contributed by atoms with E-state index in [1.807, 2.05) is 12.1 Å². The molecule has 0 aliphatic carbocycles. The molecule has 29 heavy (non-hydrogen) atoms. The zero-order valence-corrected chi connectivity index (χ0v) is 15.9. The molecule has 134 valence electrons. The fraction of sp³-hybridized carbons (Fsp3) is 0. The van der Waals surface area contributed by atoms with Crippen LogP contribution in [0.4, 0.5) is 5.69 Å². The van der Waals surface area contributed by atoms with E-state index in [1.165, 1.54) is 20.2 Å². The van der Waals surface area contributed by atoms with E-state index in [0.29, 0.717) is 11.3 Å². The summed E-state index contributed by atoms with van der Waals surface area (Å²) in [6.45, 7) is 7.19. The maximum atomic E-state index is 9.12. The lowest BCUT2D eigenvalue weighted by atomic mass is 10.0. The third kappa shape index (κ3) is 3.00. The highest BCUT2D eigenvalue weighted by molar-refractivity contribution is 7.25. The van der Waals surface area contributed by atoms with Gasteiger partial charge in [-0.3, -0.25) is 9.97 Å². The molecule has 0 fully saturated rings. The molecule has 0 unspecified atom stereocenters. The minimum atomic E-state index is 0.539. The molecule has 0 radical (unpaired) electrons. The Hall–Kier alpha value is -4.06. The Morgan fingerprint density at radius 1 is 0.759 bits per heavy atom. The Bertz CT molecular complexity index is 1370. The molecule has 0 saturated heterocycles. The van der Waals surface area contributed by atoms with Crippen LogP contribution in [0.1, 0.15) is 5.56 Å². The summed E-state index contributed by atoms with van der Waals surface area (Å²) < 4.78 is 2.37. The second-order valence-electron chi connectivity index (χ2n) is 6.64. The standard InChI is InChI=1S/C24H12N4S/c1-26-20-7-19(13-28-14-20)17-3-5-22-21-4-2-16(8-23(21)29-24(22)9-17)18-6-15(10-25)11-27-12-18/h2-9,11-14H. The van der Waals surface area contributed by atoms with Crippen LogP contribution < -0.4 is 0 Å². The van der Waals surface area contributed by atoms with E-state index in [9.17, 15) is 0 Å². The van der Waals surface area contributed by atoms with Crippen LogP contribution in [0.5, 0.6) is 0 Å². The molecule has 3 aromatic heterocycles. The molecule has 0 atom stereocenters. The summed E-state index contributed by atoms with van der Waals surface area (Å²) in [5.74, 6) is 0. The van der Waals surface area contributed by atoms with Crippen molar-refractivity contribution >= 4 is 37.2 Å². The van der Waals surface area contributed by atoms with Gasteiger partial charge in [-0.15, -0.1) is 11.3 Å². The molecule has 0 bridgehead atoms. The van der Waals surface area contributed by atoms with E-state index in [-0.39, 0.29) is 0 Å². The van der Waals surface area contributed by atoms with Crippen LogP contribution in [0.15, 0.2) is 73.3 Å². The minimum absolute atomic E-state index is 0.539. The van der Waals surface area contributed by atoms with E-state index in [4.69, 9.17) is 11.8 Å². The lowest BCUT2D eigenvalue weighted by Crippen LogP contribution is -1.82. The minimum Gasteiger partial charge on any atom is -0.276 e. The van der Waals surface area contributed by atoms with Crippen molar-refractivity contribution in [1.82, 2.24) is 9.97 Å². The topological polar surface area (TPSA) is 53.9 Å². The molecule has 0 aliphatic heterocycles. The van der Waals surface area contributed by atoms with Crippen LogP contribution in [0.2, 0.25) is 0 Å². The number of thiophene rings is 1. The van der Waals surface area contributed by atoms with Crippen molar-refractivity contribution in [2.75, 3.05) is 0 Å². The first-order valence-electron chi connectivity index (χ1n) is 8.90. The Kier molecular flexibility index (Phi) is 4.02. The summed E-state index contributed by atoms with van der Waals surface area (Å²) in [5.41, 5.74) is 5.07. The Labute approximate surface area is 171 Å². The highest BCUT2D eigenvalue weighted by Crippen LogP contribution is 2.38. The largest absolute Gasteiger partial charge is 0.276 e. The summed E-state index contributed by atoms with van der Waals surface area (Å²) in [7, 11) is 0. The first-order valence-corrected chi connectivity index (χ1v) is 9.71. The number of aromatic nitrogens is 2. The zero-order chi connectivity index (χ0) is 19.8. The van der Waals surface area contributed by atoms with Crippen LogP contribution in [0.25, 0.3) is 47.3 Å². The molecule has 3 heterocycles. The number of fused-ring (bicyclic) bond motifs is 3. The number of benzene rings is 2. The second-order valence-corrected chi connectivity index (χ2v) is 7.73. The van der Waals surface area contributed by atoms with Gasteiger partial charge in [0, 0.05) is 50.5 Å². The van der Waals surface area contributed by atoms with Gasteiger partial charge < -0.3 is 0 Å². The van der Waals surface area contributed by atoms with Gasteiger partial charge in [-0.25, -0.2) is 4.85 Å². The quantitative estimate of drug-likeness (QED) is 0.320. The Balaban J connectivity index is 1.63. The van der Waals surface area contributed by atoms with Crippen molar-refractivity contribution < 1.29 is 0 Å². The van der Waals surface area contributed by atoms with Gasteiger partial charge in [0.2, 0.25) is 5.69 Å². The summed E-state index contributed by atoms with van der Waals surface area (Å²) in [6.07, 6.45) is 6.72. The summed E-state index contributed by atoms with van der Waals surface area (Å²) in [5, 5.41) is 11.5.